The minimum Gasteiger partial charge on any atom is -0.295 e. The Kier molecular flexibility index (Phi) is 3.76. The van der Waals surface area contributed by atoms with E-state index in [-0.39, 0.29) is 0 Å². The van der Waals surface area contributed by atoms with Crippen LogP contribution in [0, 0.1) is 0 Å². The second-order valence-electron chi connectivity index (χ2n) is 4.73. The molecule has 0 aromatic rings. The van der Waals surface area contributed by atoms with Gasteiger partial charge in [-0.25, -0.2) is 0 Å². The second-order valence-corrected chi connectivity index (χ2v) is 4.73. The van der Waals surface area contributed by atoms with E-state index in [2.05, 4.69) is 6.08 Å². The lowest BCUT2D eigenvalue weighted by Gasteiger charge is -2.15. The Balaban J connectivity index is 1.82. The first-order chi connectivity index (χ1) is 7.34. The molecule has 0 unspecified atom stereocenters. The lowest BCUT2D eigenvalue weighted by molar-refractivity contribution is -0.115. The maximum Gasteiger partial charge on any atom is 0.155 e. The summed E-state index contributed by atoms with van der Waals surface area (Å²) in [5.74, 6) is 0.342. The van der Waals surface area contributed by atoms with E-state index in [1.165, 1.54) is 37.7 Å². The molecule has 1 heteroatoms. The molecule has 0 atom stereocenters. The molecule has 82 valence electrons. The molecule has 0 radical (unpaired) electrons. The summed E-state index contributed by atoms with van der Waals surface area (Å²) in [5, 5.41) is 0. The molecule has 0 bridgehead atoms. The van der Waals surface area contributed by atoms with Crippen LogP contribution in [0.4, 0.5) is 0 Å². The first kappa shape index (κ1) is 10.7. The summed E-state index contributed by atoms with van der Waals surface area (Å²) < 4.78 is 0. The molecular weight excluding hydrogens is 184 g/mol. The molecule has 2 aliphatic carbocycles. The van der Waals surface area contributed by atoms with Crippen molar-refractivity contribution in [2.45, 2.75) is 57.8 Å². The first-order valence-electron chi connectivity index (χ1n) is 6.25. The molecule has 0 amide bonds. The Bertz CT molecular complexity index is 296. The van der Waals surface area contributed by atoms with Gasteiger partial charge in [-0.05, 0) is 57.4 Å². The van der Waals surface area contributed by atoms with Gasteiger partial charge >= 0.3 is 0 Å². The van der Waals surface area contributed by atoms with E-state index in [0.717, 1.165) is 25.7 Å². The Morgan fingerprint density at radius 2 is 1.73 bits per heavy atom. The molecule has 0 N–H and O–H groups in total. The molecule has 0 fully saturated rings. The summed E-state index contributed by atoms with van der Waals surface area (Å²) in [7, 11) is 0. The first-order valence-corrected chi connectivity index (χ1v) is 6.25. The normalized spacial score (nSPS) is 22.3. The van der Waals surface area contributed by atoms with E-state index < -0.39 is 0 Å². The van der Waals surface area contributed by atoms with Crippen LogP contribution in [0.3, 0.4) is 0 Å². The van der Waals surface area contributed by atoms with Crippen molar-refractivity contribution in [1.82, 2.24) is 0 Å². The van der Waals surface area contributed by atoms with Gasteiger partial charge in [-0.2, -0.15) is 0 Å². The fourth-order valence-corrected chi connectivity index (χ4v) is 2.51. The van der Waals surface area contributed by atoms with Crippen LogP contribution >= 0.6 is 0 Å². The summed E-state index contributed by atoms with van der Waals surface area (Å²) in [6, 6.07) is 0. The van der Waals surface area contributed by atoms with Crippen LogP contribution in [0.2, 0.25) is 0 Å². The third kappa shape index (κ3) is 3.33. The monoisotopic (exact) mass is 204 g/mol. The van der Waals surface area contributed by atoms with E-state index in [4.69, 9.17) is 0 Å². The average Bonchev–Trinajstić information content (AvgIpc) is 2.28. The number of allylic oxidation sites excluding steroid dienone is 4. The van der Waals surface area contributed by atoms with E-state index in [1.54, 1.807) is 5.57 Å². The maximum absolute atomic E-state index is 11.2. The fraction of sp³-hybridized carbons (Fsp3) is 0.643. The third-order valence-corrected chi connectivity index (χ3v) is 3.44. The predicted octanol–water partition coefficient (Wildman–Crippen LogP) is 3.95. The quantitative estimate of drug-likeness (QED) is 0.636. The molecule has 0 aromatic heterocycles. The van der Waals surface area contributed by atoms with Crippen LogP contribution in [0.5, 0.6) is 0 Å². The summed E-state index contributed by atoms with van der Waals surface area (Å²) in [6.07, 6.45) is 14.9. The van der Waals surface area contributed by atoms with Crippen LogP contribution in [-0.4, -0.2) is 5.78 Å². The molecule has 2 aliphatic rings. The van der Waals surface area contributed by atoms with Crippen LogP contribution in [-0.2, 0) is 4.79 Å². The van der Waals surface area contributed by atoms with Gasteiger partial charge in [0.2, 0.25) is 0 Å². The van der Waals surface area contributed by atoms with Crippen LogP contribution in [0.15, 0.2) is 23.3 Å². The zero-order valence-electron chi connectivity index (χ0n) is 9.43. The number of carbonyl (C=O) groups excluding carboxylic acids is 1. The van der Waals surface area contributed by atoms with Gasteiger partial charge in [-0.3, -0.25) is 4.79 Å². The summed E-state index contributed by atoms with van der Waals surface area (Å²) in [5.41, 5.74) is 3.01. The van der Waals surface area contributed by atoms with Crippen molar-refractivity contribution in [3.8, 4) is 0 Å². The maximum atomic E-state index is 11.2. The Morgan fingerprint density at radius 3 is 2.47 bits per heavy atom. The van der Waals surface area contributed by atoms with Crippen molar-refractivity contribution >= 4 is 5.78 Å². The van der Waals surface area contributed by atoms with Crippen LogP contribution < -0.4 is 0 Å². The summed E-state index contributed by atoms with van der Waals surface area (Å²) >= 11 is 0. The van der Waals surface area contributed by atoms with E-state index in [0.29, 0.717) is 5.78 Å². The number of ketones is 1. The Morgan fingerprint density at radius 1 is 0.933 bits per heavy atom. The summed E-state index contributed by atoms with van der Waals surface area (Å²) in [6.45, 7) is 0. The summed E-state index contributed by atoms with van der Waals surface area (Å²) in [4.78, 5) is 11.2. The molecule has 0 heterocycles. The van der Waals surface area contributed by atoms with Gasteiger partial charge in [0.05, 0.1) is 0 Å². The SMILES string of the molecule is O=C1C=C(CCC2=CCCCC2)CCC1. The van der Waals surface area contributed by atoms with Gasteiger partial charge in [-0.15, -0.1) is 0 Å². The van der Waals surface area contributed by atoms with Gasteiger partial charge in [0.1, 0.15) is 0 Å². The molecule has 0 aromatic carbocycles. The van der Waals surface area contributed by atoms with Crippen molar-refractivity contribution in [3.05, 3.63) is 23.3 Å². The molecule has 0 saturated carbocycles. The standard InChI is InChI=1S/C14H20O/c15-14-8-4-7-13(11-14)10-9-12-5-2-1-3-6-12/h5,11H,1-4,6-10H2. The molecule has 1 nitrogen and oxygen atoms in total. The minimum atomic E-state index is 0.342. The minimum absolute atomic E-state index is 0.342. The molecule has 15 heavy (non-hydrogen) atoms. The largest absolute Gasteiger partial charge is 0.295 e. The number of hydrogen-bond acceptors (Lipinski definition) is 1. The zero-order chi connectivity index (χ0) is 10.5. The highest BCUT2D eigenvalue weighted by Crippen LogP contribution is 2.26. The van der Waals surface area contributed by atoms with E-state index in [1.807, 2.05) is 6.08 Å². The highest BCUT2D eigenvalue weighted by Gasteiger charge is 2.10. The highest BCUT2D eigenvalue weighted by atomic mass is 16.1. The van der Waals surface area contributed by atoms with E-state index >= 15 is 0 Å². The molecule has 2 rings (SSSR count). The Hall–Kier alpha value is -0.850. The van der Waals surface area contributed by atoms with Crippen molar-refractivity contribution in [1.29, 1.82) is 0 Å². The zero-order valence-corrected chi connectivity index (χ0v) is 9.43. The fourth-order valence-electron chi connectivity index (χ4n) is 2.51. The smallest absolute Gasteiger partial charge is 0.155 e. The lowest BCUT2D eigenvalue weighted by Crippen LogP contribution is -2.03. The van der Waals surface area contributed by atoms with E-state index in [9.17, 15) is 4.79 Å². The van der Waals surface area contributed by atoms with Crippen LogP contribution in [0.1, 0.15) is 57.8 Å². The van der Waals surface area contributed by atoms with Crippen molar-refractivity contribution in [2.24, 2.45) is 0 Å². The molecule has 0 spiro atoms. The number of hydrogen-bond donors (Lipinski definition) is 0. The van der Waals surface area contributed by atoms with Gasteiger partial charge < -0.3 is 0 Å². The van der Waals surface area contributed by atoms with Gasteiger partial charge in [0.25, 0.3) is 0 Å². The number of carbonyl (C=O) groups is 1. The van der Waals surface area contributed by atoms with Crippen molar-refractivity contribution < 1.29 is 4.79 Å². The van der Waals surface area contributed by atoms with Crippen molar-refractivity contribution in [3.63, 3.8) is 0 Å². The van der Waals surface area contributed by atoms with Gasteiger partial charge in [-0.1, -0.05) is 17.2 Å². The second kappa shape index (κ2) is 5.29. The third-order valence-electron chi connectivity index (χ3n) is 3.44. The highest BCUT2D eigenvalue weighted by molar-refractivity contribution is 5.91. The van der Waals surface area contributed by atoms with Crippen LogP contribution in [0.25, 0.3) is 0 Å². The predicted molar refractivity (Wildman–Crippen MR) is 62.7 cm³/mol. The van der Waals surface area contributed by atoms with Gasteiger partial charge in [0.15, 0.2) is 5.78 Å². The average molecular weight is 204 g/mol. The molecule has 0 aliphatic heterocycles. The van der Waals surface area contributed by atoms with Crippen molar-refractivity contribution in [2.75, 3.05) is 0 Å². The number of rotatable bonds is 3. The lowest BCUT2D eigenvalue weighted by atomic mass is 9.90. The molecule has 0 saturated heterocycles. The Labute approximate surface area is 92.3 Å². The van der Waals surface area contributed by atoms with Gasteiger partial charge in [0, 0.05) is 6.42 Å². The topological polar surface area (TPSA) is 17.1 Å². The molecular formula is C14H20O.